The summed E-state index contributed by atoms with van der Waals surface area (Å²) < 4.78 is 32.9. The summed E-state index contributed by atoms with van der Waals surface area (Å²) in [6.07, 6.45) is 4.38. The fourth-order valence-electron chi connectivity index (χ4n) is 3.93. The van der Waals surface area contributed by atoms with Gasteiger partial charge in [-0.05, 0) is 68.8 Å². The highest BCUT2D eigenvalue weighted by molar-refractivity contribution is 7.89. The number of nitrogens with zero attached hydrogens (tertiary/aromatic N) is 2. The van der Waals surface area contributed by atoms with Crippen LogP contribution in [0.4, 0.5) is 0 Å². The molecule has 1 aromatic rings. The molecule has 0 amide bonds. The van der Waals surface area contributed by atoms with Crippen LogP contribution in [0.2, 0.25) is 5.02 Å². The standard InChI is InChI=1S/C19H29ClN2O3S/c1-15-5-9-21(10-6-15)14-16-7-11-22(12-8-16)26(23,24)19-13-17(20)3-4-18(19)25-2/h3-4,13,15-16H,5-12,14H2,1-2H3. The molecule has 2 heterocycles. The van der Waals surface area contributed by atoms with E-state index < -0.39 is 10.0 Å². The zero-order chi connectivity index (χ0) is 18.7. The quantitative estimate of drug-likeness (QED) is 0.759. The topological polar surface area (TPSA) is 49.9 Å². The van der Waals surface area contributed by atoms with Gasteiger partial charge >= 0.3 is 0 Å². The number of methoxy groups -OCH3 is 1. The zero-order valence-corrected chi connectivity index (χ0v) is 17.2. The first-order valence-electron chi connectivity index (χ1n) is 9.46. The van der Waals surface area contributed by atoms with Crippen molar-refractivity contribution in [1.82, 2.24) is 9.21 Å². The summed E-state index contributed by atoms with van der Waals surface area (Å²) in [7, 11) is -2.10. The molecule has 2 saturated heterocycles. The zero-order valence-electron chi connectivity index (χ0n) is 15.7. The van der Waals surface area contributed by atoms with E-state index in [1.165, 1.54) is 39.1 Å². The molecule has 2 fully saturated rings. The molecule has 7 heteroatoms. The van der Waals surface area contributed by atoms with Crippen LogP contribution in [0.25, 0.3) is 0 Å². The van der Waals surface area contributed by atoms with Gasteiger partial charge in [0.2, 0.25) is 10.0 Å². The first-order chi connectivity index (χ1) is 12.4. The molecule has 0 bridgehead atoms. The minimum atomic E-state index is -3.58. The SMILES string of the molecule is COc1ccc(Cl)cc1S(=O)(=O)N1CCC(CN2CCC(C)CC2)CC1. The second kappa shape index (κ2) is 8.46. The lowest BCUT2D eigenvalue weighted by Gasteiger charge is -2.36. The molecular weight excluding hydrogens is 372 g/mol. The lowest BCUT2D eigenvalue weighted by atomic mass is 9.94. The van der Waals surface area contributed by atoms with E-state index in [0.717, 1.165) is 25.3 Å². The maximum absolute atomic E-state index is 13.0. The molecule has 0 N–H and O–H groups in total. The molecule has 3 rings (SSSR count). The Bertz CT molecular complexity index is 709. The van der Waals surface area contributed by atoms with Crippen molar-refractivity contribution in [2.75, 3.05) is 39.8 Å². The van der Waals surface area contributed by atoms with Crippen LogP contribution in [0.15, 0.2) is 23.1 Å². The predicted molar refractivity (Wildman–Crippen MR) is 104 cm³/mol. The molecule has 1 aromatic carbocycles. The molecule has 0 aliphatic carbocycles. The molecule has 2 aliphatic heterocycles. The van der Waals surface area contributed by atoms with Crippen LogP contribution in [0.3, 0.4) is 0 Å². The lowest BCUT2D eigenvalue weighted by Crippen LogP contribution is -2.43. The van der Waals surface area contributed by atoms with Gasteiger partial charge in [0.15, 0.2) is 0 Å². The fourth-order valence-corrected chi connectivity index (χ4v) is 5.82. The maximum Gasteiger partial charge on any atom is 0.246 e. The van der Waals surface area contributed by atoms with E-state index in [2.05, 4.69) is 11.8 Å². The molecule has 5 nitrogen and oxygen atoms in total. The van der Waals surface area contributed by atoms with Crippen molar-refractivity contribution >= 4 is 21.6 Å². The van der Waals surface area contributed by atoms with Crippen LogP contribution in [-0.2, 0) is 10.0 Å². The maximum atomic E-state index is 13.0. The summed E-state index contributed by atoms with van der Waals surface area (Å²) in [6, 6.07) is 4.74. The molecule has 0 unspecified atom stereocenters. The molecule has 0 radical (unpaired) electrons. The van der Waals surface area contributed by atoms with Crippen LogP contribution >= 0.6 is 11.6 Å². The summed E-state index contributed by atoms with van der Waals surface area (Å²) in [4.78, 5) is 2.71. The number of ether oxygens (including phenoxy) is 1. The first kappa shape index (κ1) is 19.9. The number of rotatable bonds is 5. The predicted octanol–water partition coefficient (Wildman–Crippen LogP) is 3.48. The van der Waals surface area contributed by atoms with E-state index in [1.807, 2.05) is 0 Å². The third kappa shape index (κ3) is 4.53. The second-order valence-electron chi connectivity index (χ2n) is 7.63. The molecule has 0 atom stereocenters. The smallest absolute Gasteiger partial charge is 0.246 e. The van der Waals surface area contributed by atoms with E-state index in [4.69, 9.17) is 16.3 Å². The Morgan fingerprint density at radius 2 is 1.77 bits per heavy atom. The highest BCUT2D eigenvalue weighted by Crippen LogP contribution is 2.32. The Morgan fingerprint density at radius 3 is 2.38 bits per heavy atom. The van der Waals surface area contributed by atoms with Crippen molar-refractivity contribution in [2.24, 2.45) is 11.8 Å². The van der Waals surface area contributed by atoms with Crippen LogP contribution in [-0.4, -0.2) is 57.5 Å². The van der Waals surface area contributed by atoms with Crippen molar-refractivity contribution in [3.8, 4) is 5.75 Å². The third-order valence-electron chi connectivity index (χ3n) is 5.71. The Hall–Kier alpha value is -0.820. The van der Waals surface area contributed by atoms with Crippen LogP contribution in [0.5, 0.6) is 5.75 Å². The van der Waals surface area contributed by atoms with Gasteiger partial charge in [-0.25, -0.2) is 8.42 Å². The number of benzene rings is 1. The van der Waals surface area contributed by atoms with Gasteiger partial charge in [-0.15, -0.1) is 0 Å². The molecule has 0 spiro atoms. The molecule has 146 valence electrons. The number of sulfonamides is 1. The van der Waals surface area contributed by atoms with Crippen molar-refractivity contribution in [3.63, 3.8) is 0 Å². The molecular formula is C19H29ClN2O3S. The van der Waals surface area contributed by atoms with E-state index >= 15 is 0 Å². The van der Waals surface area contributed by atoms with E-state index in [0.29, 0.717) is 29.8 Å². The molecule has 2 aliphatic rings. The van der Waals surface area contributed by atoms with E-state index in [9.17, 15) is 8.42 Å². The van der Waals surface area contributed by atoms with Gasteiger partial charge in [-0.3, -0.25) is 0 Å². The van der Waals surface area contributed by atoms with Crippen LogP contribution in [0, 0.1) is 11.8 Å². The summed E-state index contributed by atoms with van der Waals surface area (Å²) >= 11 is 6.02. The highest BCUT2D eigenvalue weighted by Gasteiger charge is 2.32. The largest absolute Gasteiger partial charge is 0.495 e. The minimum Gasteiger partial charge on any atom is -0.495 e. The average Bonchev–Trinajstić information content (AvgIpc) is 2.64. The summed E-state index contributed by atoms with van der Waals surface area (Å²) in [5, 5.41) is 0.401. The number of hydrogen-bond acceptors (Lipinski definition) is 4. The summed E-state index contributed by atoms with van der Waals surface area (Å²) in [5.41, 5.74) is 0. The van der Waals surface area contributed by atoms with E-state index in [1.54, 1.807) is 16.4 Å². The lowest BCUT2D eigenvalue weighted by molar-refractivity contribution is 0.142. The van der Waals surface area contributed by atoms with Crippen molar-refractivity contribution in [3.05, 3.63) is 23.2 Å². The minimum absolute atomic E-state index is 0.163. The van der Waals surface area contributed by atoms with Crippen molar-refractivity contribution in [2.45, 2.75) is 37.5 Å². The number of piperidine rings is 2. The van der Waals surface area contributed by atoms with Gasteiger partial charge < -0.3 is 9.64 Å². The van der Waals surface area contributed by atoms with Gasteiger partial charge in [0, 0.05) is 24.7 Å². The first-order valence-corrected chi connectivity index (χ1v) is 11.3. The Kier molecular flexibility index (Phi) is 6.49. The summed E-state index contributed by atoms with van der Waals surface area (Å²) in [5.74, 6) is 1.76. The van der Waals surface area contributed by atoms with Crippen molar-refractivity contribution < 1.29 is 13.2 Å². The number of likely N-dealkylation sites (tertiary alicyclic amines) is 1. The van der Waals surface area contributed by atoms with Gasteiger partial charge in [0.05, 0.1) is 7.11 Å². The average molecular weight is 401 g/mol. The number of halogens is 1. The third-order valence-corrected chi connectivity index (χ3v) is 7.86. The molecule has 0 saturated carbocycles. The Labute approximate surface area is 162 Å². The second-order valence-corrected chi connectivity index (χ2v) is 9.97. The fraction of sp³-hybridized carbons (Fsp3) is 0.684. The highest BCUT2D eigenvalue weighted by atomic mass is 35.5. The monoisotopic (exact) mass is 400 g/mol. The van der Waals surface area contributed by atoms with Crippen molar-refractivity contribution in [1.29, 1.82) is 0 Å². The molecule has 0 aromatic heterocycles. The van der Waals surface area contributed by atoms with Gasteiger partial charge in [0.1, 0.15) is 10.6 Å². The van der Waals surface area contributed by atoms with E-state index in [-0.39, 0.29) is 4.90 Å². The Balaban J connectivity index is 1.61. The molecule has 26 heavy (non-hydrogen) atoms. The number of hydrogen-bond donors (Lipinski definition) is 0. The normalized spacial score (nSPS) is 21.8. The van der Waals surface area contributed by atoms with Crippen LogP contribution in [0.1, 0.15) is 32.6 Å². The van der Waals surface area contributed by atoms with Gasteiger partial charge in [0.25, 0.3) is 0 Å². The van der Waals surface area contributed by atoms with Gasteiger partial charge in [-0.2, -0.15) is 4.31 Å². The Morgan fingerprint density at radius 1 is 1.12 bits per heavy atom. The summed E-state index contributed by atoms with van der Waals surface area (Å²) in [6.45, 7) is 6.91. The van der Waals surface area contributed by atoms with Gasteiger partial charge in [-0.1, -0.05) is 18.5 Å². The van der Waals surface area contributed by atoms with Crippen LogP contribution < -0.4 is 4.74 Å².